The lowest BCUT2D eigenvalue weighted by Crippen LogP contribution is -2.41. The number of anilines is 1. The van der Waals surface area contributed by atoms with Crippen LogP contribution in [0, 0.1) is 5.82 Å². The number of alkyl halides is 1. The van der Waals surface area contributed by atoms with Gasteiger partial charge in [0.2, 0.25) is 0 Å². The van der Waals surface area contributed by atoms with Gasteiger partial charge in [-0.15, -0.1) is 0 Å². The summed E-state index contributed by atoms with van der Waals surface area (Å²) in [4.78, 5) is 14.6. The highest BCUT2D eigenvalue weighted by atomic mass is 19.1. The van der Waals surface area contributed by atoms with Gasteiger partial charge < -0.3 is 19.7 Å². The highest BCUT2D eigenvalue weighted by Gasteiger charge is 2.31. The monoisotopic (exact) mass is 458 g/mol. The van der Waals surface area contributed by atoms with Crippen molar-refractivity contribution >= 4 is 17.4 Å². The number of amides is 2. The maximum atomic E-state index is 15.5. The summed E-state index contributed by atoms with van der Waals surface area (Å²) in [7, 11) is 4.36. The second-order valence-electron chi connectivity index (χ2n) is 8.23. The largest absolute Gasteiger partial charge is 0.493 e. The lowest BCUT2D eigenvalue weighted by Gasteiger charge is -2.22. The molecule has 9 heteroatoms. The summed E-state index contributed by atoms with van der Waals surface area (Å²) in [6, 6.07) is 8.40. The molecule has 2 aromatic carbocycles. The number of rotatable bonds is 4. The van der Waals surface area contributed by atoms with E-state index in [0.29, 0.717) is 41.9 Å². The minimum atomic E-state index is -0.823. The minimum absolute atomic E-state index is 0.0151. The zero-order valence-electron chi connectivity index (χ0n) is 19.2. The van der Waals surface area contributed by atoms with Crippen molar-refractivity contribution in [3.8, 4) is 11.5 Å². The summed E-state index contributed by atoms with van der Waals surface area (Å²) in [6.45, 7) is 2.84. The number of carbonyl (C=O) groups excluding carboxylic acids is 1. The first-order valence-corrected chi connectivity index (χ1v) is 10.9. The van der Waals surface area contributed by atoms with Crippen molar-refractivity contribution in [1.29, 1.82) is 0 Å². The maximum absolute atomic E-state index is 15.5. The summed E-state index contributed by atoms with van der Waals surface area (Å²) in [5.41, 5.74) is 2.97. The van der Waals surface area contributed by atoms with Crippen LogP contribution in [0.3, 0.4) is 0 Å². The number of halogens is 2. The van der Waals surface area contributed by atoms with Crippen LogP contribution in [-0.4, -0.2) is 63.3 Å². The lowest BCUT2D eigenvalue weighted by atomic mass is 9.93. The summed E-state index contributed by atoms with van der Waals surface area (Å²) in [6.07, 6.45) is -0.0660. The molecule has 0 aromatic heterocycles. The van der Waals surface area contributed by atoms with Crippen molar-refractivity contribution in [1.82, 2.24) is 10.3 Å². The molecule has 2 amide bonds. The molecule has 1 N–H and O–H groups in total. The van der Waals surface area contributed by atoms with Gasteiger partial charge in [0.05, 0.1) is 26.0 Å². The molecule has 0 aliphatic carbocycles. The first-order chi connectivity index (χ1) is 15.9. The molecule has 2 heterocycles. The molecular weight excluding hydrogens is 430 g/mol. The molecule has 0 bridgehead atoms. The Labute approximate surface area is 192 Å². The molecule has 2 aliphatic heterocycles. The average Bonchev–Trinajstić information content (AvgIpc) is 3.20. The van der Waals surface area contributed by atoms with Gasteiger partial charge in [-0.05, 0) is 38.0 Å². The molecule has 2 aliphatic rings. The number of nitrogens with one attached hydrogen (secondary N) is 1. The Bertz CT molecular complexity index is 1070. The third kappa shape index (κ3) is 4.19. The Kier molecular flexibility index (Phi) is 6.40. The van der Waals surface area contributed by atoms with E-state index in [1.54, 1.807) is 6.07 Å². The normalized spacial score (nSPS) is 20.1. The zero-order chi connectivity index (χ0) is 23.7. The van der Waals surface area contributed by atoms with Gasteiger partial charge >= 0.3 is 6.03 Å². The number of ether oxygens (including phenoxy) is 2. The zero-order valence-corrected chi connectivity index (χ0v) is 19.2. The third-order valence-corrected chi connectivity index (χ3v) is 6.15. The standard InChI is InChI=1S/C24H28F2N4O3/c1-14-11-18-19(12-20(32-3)23(33-4)21(18)26)22(28-30(14)24(31)27-2)15-5-7-17(8-6-15)29-10-9-16(25)13-29/h5-8,12,14,16H,9-11,13H2,1-4H3,(H,27,31)/t14?,16-/m0/s1. The van der Waals surface area contributed by atoms with E-state index in [2.05, 4.69) is 10.4 Å². The van der Waals surface area contributed by atoms with Gasteiger partial charge in [-0.1, -0.05) is 12.1 Å². The second kappa shape index (κ2) is 9.25. The smallest absolute Gasteiger partial charge is 0.337 e. The number of carbonyl (C=O) groups is 1. The number of hydrogen-bond donors (Lipinski definition) is 1. The fourth-order valence-corrected chi connectivity index (χ4v) is 4.40. The van der Waals surface area contributed by atoms with Crippen LogP contribution >= 0.6 is 0 Å². The number of fused-ring (bicyclic) bond motifs is 1. The molecule has 1 unspecified atom stereocenters. The van der Waals surface area contributed by atoms with Crippen molar-refractivity contribution in [2.75, 3.05) is 39.3 Å². The number of hydrazone groups is 1. The van der Waals surface area contributed by atoms with E-state index in [4.69, 9.17) is 9.47 Å². The van der Waals surface area contributed by atoms with Gasteiger partial charge in [-0.2, -0.15) is 5.10 Å². The topological polar surface area (TPSA) is 66.4 Å². The van der Waals surface area contributed by atoms with Crippen LogP contribution in [0.5, 0.6) is 11.5 Å². The van der Waals surface area contributed by atoms with Crippen molar-refractivity contribution in [2.24, 2.45) is 5.10 Å². The van der Waals surface area contributed by atoms with Crippen LogP contribution in [0.1, 0.15) is 30.0 Å². The van der Waals surface area contributed by atoms with Gasteiger partial charge in [0.15, 0.2) is 17.3 Å². The summed E-state index contributed by atoms with van der Waals surface area (Å²) in [5, 5.41) is 8.58. The van der Waals surface area contributed by atoms with Gasteiger partial charge in [-0.25, -0.2) is 18.6 Å². The highest BCUT2D eigenvalue weighted by Crippen LogP contribution is 2.38. The fourth-order valence-electron chi connectivity index (χ4n) is 4.40. The van der Waals surface area contributed by atoms with Crippen LogP contribution in [0.4, 0.5) is 19.3 Å². The van der Waals surface area contributed by atoms with E-state index in [-0.39, 0.29) is 17.9 Å². The Balaban J connectivity index is 1.85. The van der Waals surface area contributed by atoms with Crippen LogP contribution < -0.4 is 19.7 Å². The van der Waals surface area contributed by atoms with Crippen molar-refractivity contribution in [2.45, 2.75) is 32.0 Å². The average molecular weight is 459 g/mol. The Morgan fingerprint density at radius 1 is 1.21 bits per heavy atom. The SMILES string of the molecule is CNC(=O)N1N=C(c2ccc(N3CC[C@H](F)C3)cc2)c2cc(OC)c(OC)c(F)c2CC1C. The van der Waals surface area contributed by atoms with Crippen LogP contribution in [-0.2, 0) is 6.42 Å². The molecule has 0 radical (unpaired) electrons. The summed E-state index contributed by atoms with van der Waals surface area (Å²) >= 11 is 0. The number of benzene rings is 2. The summed E-state index contributed by atoms with van der Waals surface area (Å²) < 4.78 is 39.8. The molecule has 7 nitrogen and oxygen atoms in total. The van der Waals surface area contributed by atoms with Crippen molar-refractivity contribution in [3.05, 3.63) is 52.8 Å². The van der Waals surface area contributed by atoms with Crippen molar-refractivity contribution < 1.29 is 23.0 Å². The van der Waals surface area contributed by atoms with Crippen molar-refractivity contribution in [3.63, 3.8) is 0 Å². The van der Waals surface area contributed by atoms with E-state index in [9.17, 15) is 9.18 Å². The van der Waals surface area contributed by atoms with Crippen LogP contribution in [0.25, 0.3) is 0 Å². The molecule has 2 aromatic rings. The fraction of sp³-hybridized carbons (Fsp3) is 0.417. The molecular formula is C24H28F2N4O3. The van der Waals surface area contributed by atoms with Crippen LogP contribution in [0.2, 0.25) is 0 Å². The molecule has 2 atom stereocenters. The number of methoxy groups -OCH3 is 2. The summed E-state index contributed by atoms with van der Waals surface area (Å²) in [5.74, 6) is -0.278. The molecule has 4 rings (SSSR count). The number of hydrogen-bond acceptors (Lipinski definition) is 5. The number of urea groups is 1. The van der Waals surface area contributed by atoms with E-state index in [1.807, 2.05) is 36.1 Å². The highest BCUT2D eigenvalue weighted by molar-refractivity contribution is 6.14. The first-order valence-electron chi connectivity index (χ1n) is 10.9. The quantitative estimate of drug-likeness (QED) is 0.758. The van der Waals surface area contributed by atoms with Gasteiger partial charge in [0, 0.05) is 42.5 Å². The first kappa shape index (κ1) is 22.8. The van der Waals surface area contributed by atoms with Gasteiger partial charge in [0.1, 0.15) is 6.17 Å². The van der Waals surface area contributed by atoms with E-state index in [0.717, 1.165) is 5.69 Å². The molecule has 33 heavy (non-hydrogen) atoms. The number of nitrogens with zero attached hydrogens (tertiary/aromatic N) is 3. The minimum Gasteiger partial charge on any atom is -0.493 e. The molecule has 0 spiro atoms. The Morgan fingerprint density at radius 3 is 2.52 bits per heavy atom. The maximum Gasteiger partial charge on any atom is 0.337 e. The second-order valence-corrected chi connectivity index (χ2v) is 8.23. The van der Waals surface area contributed by atoms with Crippen LogP contribution in [0.15, 0.2) is 35.4 Å². The Morgan fingerprint density at radius 2 is 1.94 bits per heavy atom. The lowest BCUT2D eigenvalue weighted by molar-refractivity contribution is 0.184. The van der Waals surface area contributed by atoms with E-state index < -0.39 is 24.1 Å². The predicted molar refractivity (Wildman–Crippen MR) is 123 cm³/mol. The molecule has 1 fully saturated rings. The molecule has 176 valence electrons. The Hall–Kier alpha value is -3.36. The molecule has 1 saturated heterocycles. The predicted octanol–water partition coefficient (Wildman–Crippen LogP) is 3.73. The van der Waals surface area contributed by atoms with Gasteiger partial charge in [0.25, 0.3) is 0 Å². The third-order valence-electron chi connectivity index (χ3n) is 6.15. The van der Waals surface area contributed by atoms with E-state index >= 15 is 4.39 Å². The van der Waals surface area contributed by atoms with E-state index in [1.165, 1.54) is 26.3 Å². The molecule has 0 saturated carbocycles. The van der Waals surface area contributed by atoms with Gasteiger partial charge in [-0.3, -0.25) is 0 Å².